The molecule has 1 aliphatic heterocycles. The minimum Gasteiger partial charge on any atom is -0.497 e. The van der Waals surface area contributed by atoms with Crippen molar-refractivity contribution >= 4 is 34.4 Å². The highest BCUT2D eigenvalue weighted by atomic mass is 32.1. The Morgan fingerprint density at radius 3 is 2.97 bits per heavy atom. The molecular weight excluding hydrogens is 464 g/mol. The van der Waals surface area contributed by atoms with Crippen LogP contribution in [0.15, 0.2) is 54.9 Å². The first-order chi connectivity index (χ1) is 17.1. The van der Waals surface area contributed by atoms with E-state index < -0.39 is 6.09 Å². The highest BCUT2D eigenvalue weighted by Gasteiger charge is 2.28. The van der Waals surface area contributed by atoms with Gasteiger partial charge in [0.25, 0.3) is 0 Å². The number of anilines is 1. The number of amides is 2. The van der Waals surface area contributed by atoms with Crippen LogP contribution >= 0.6 is 11.3 Å². The third kappa shape index (κ3) is 6.05. The van der Waals surface area contributed by atoms with Gasteiger partial charge in [0.1, 0.15) is 16.8 Å². The minimum absolute atomic E-state index is 0.258. The number of rotatable bonds is 7. The molecule has 0 spiro atoms. The molecule has 1 aromatic carbocycles. The van der Waals surface area contributed by atoms with Crippen LogP contribution in [0.3, 0.4) is 0 Å². The average molecular weight is 489 g/mol. The second-order valence-electron chi connectivity index (χ2n) is 7.82. The maximum absolute atomic E-state index is 12.6. The van der Waals surface area contributed by atoms with Crippen LogP contribution in [0.5, 0.6) is 5.75 Å². The fraction of sp³-hybridized carbons (Fsp3) is 0.231. The molecule has 0 aliphatic carbocycles. The van der Waals surface area contributed by atoms with Gasteiger partial charge >= 0.3 is 6.09 Å². The molecule has 4 rings (SSSR count). The van der Waals surface area contributed by atoms with Crippen LogP contribution in [0.2, 0.25) is 0 Å². The SMILES string of the molecule is COc1cccc(CCOC(=O)N2CCc3c(sc(NC(=O)/C=C/c4cccnc4)c3C#N)C2)c1. The lowest BCUT2D eigenvalue weighted by Gasteiger charge is -2.26. The van der Waals surface area contributed by atoms with Crippen molar-refractivity contribution in [2.75, 3.05) is 25.6 Å². The van der Waals surface area contributed by atoms with Crippen LogP contribution in [0.25, 0.3) is 6.08 Å². The Hall–Kier alpha value is -4.16. The minimum atomic E-state index is -0.393. The zero-order chi connectivity index (χ0) is 24.6. The molecule has 0 unspecified atom stereocenters. The lowest BCUT2D eigenvalue weighted by Crippen LogP contribution is -2.36. The molecule has 0 saturated carbocycles. The number of aromatic nitrogens is 1. The number of nitrogens with one attached hydrogen (secondary N) is 1. The molecule has 0 fully saturated rings. The largest absolute Gasteiger partial charge is 0.497 e. The summed E-state index contributed by atoms with van der Waals surface area (Å²) in [7, 11) is 1.61. The third-order valence-corrected chi connectivity index (χ3v) is 6.66. The Morgan fingerprint density at radius 1 is 1.31 bits per heavy atom. The molecule has 0 atom stereocenters. The van der Waals surface area contributed by atoms with Crippen LogP contribution in [-0.2, 0) is 28.9 Å². The number of fused-ring (bicyclic) bond motifs is 1. The van der Waals surface area contributed by atoms with E-state index in [0.717, 1.165) is 27.3 Å². The van der Waals surface area contributed by atoms with E-state index in [-0.39, 0.29) is 12.5 Å². The van der Waals surface area contributed by atoms with Gasteiger partial charge in [-0.25, -0.2) is 4.79 Å². The average Bonchev–Trinajstić information content (AvgIpc) is 3.24. The van der Waals surface area contributed by atoms with Gasteiger partial charge in [-0.1, -0.05) is 18.2 Å². The van der Waals surface area contributed by atoms with Crippen molar-refractivity contribution < 1.29 is 19.1 Å². The van der Waals surface area contributed by atoms with Crippen molar-refractivity contribution in [3.63, 3.8) is 0 Å². The summed E-state index contributed by atoms with van der Waals surface area (Å²) in [6.07, 6.45) is 7.10. The van der Waals surface area contributed by atoms with E-state index in [1.807, 2.05) is 30.3 Å². The molecule has 1 N–H and O–H groups in total. The molecule has 9 heteroatoms. The number of hydrogen-bond acceptors (Lipinski definition) is 7. The summed E-state index contributed by atoms with van der Waals surface area (Å²) in [5.41, 5.74) is 3.16. The van der Waals surface area contributed by atoms with E-state index in [1.54, 1.807) is 36.5 Å². The van der Waals surface area contributed by atoms with E-state index in [0.29, 0.717) is 36.5 Å². The Bertz CT molecular complexity index is 1280. The monoisotopic (exact) mass is 488 g/mol. The number of pyridine rings is 1. The highest BCUT2D eigenvalue weighted by molar-refractivity contribution is 7.16. The number of thiophene rings is 1. The van der Waals surface area contributed by atoms with Crippen molar-refractivity contribution in [1.29, 1.82) is 5.26 Å². The normalized spacial score (nSPS) is 12.6. The molecule has 35 heavy (non-hydrogen) atoms. The zero-order valence-corrected chi connectivity index (χ0v) is 20.0. The molecule has 3 aromatic rings. The molecule has 2 amide bonds. The second kappa shape index (κ2) is 11.3. The van der Waals surface area contributed by atoms with Crippen molar-refractivity contribution in [3.05, 3.63) is 82.0 Å². The molecule has 0 radical (unpaired) electrons. The fourth-order valence-electron chi connectivity index (χ4n) is 3.74. The van der Waals surface area contributed by atoms with Crippen molar-refractivity contribution in [1.82, 2.24) is 9.88 Å². The predicted molar refractivity (Wildman–Crippen MR) is 133 cm³/mol. The van der Waals surface area contributed by atoms with Gasteiger partial charge in [-0.15, -0.1) is 11.3 Å². The predicted octanol–water partition coefficient (Wildman–Crippen LogP) is 4.41. The number of hydrogen-bond donors (Lipinski definition) is 1. The topological polar surface area (TPSA) is 105 Å². The van der Waals surface area contributed by atoms with E-state index >= 15 is 0 Å². The lowest BCUT2D eigenvalue weighted by molar-refractivity contribution is -0.111. The van der Waals surface area contributed by atoms with E-state index in [4.69, 9.17) is 9.47 Å². The molecule has 1 aliphatic rings. The summed E-state index contributed by atoms with van der Waals surface area (Å²) in [5, 5.41) is 13.0. The molecule has 8 nitrogen and oxygen atoms in total. The first-order valence-corrected chi connectivity index (χ1v) is 11.9. The summed E-state index contributed by atoms with van der Waals surface area (Å²) in [4.78, 5) is 31.5. The number of nitriles is 1. The van der Waals surface area contributed by atoms with E-state index in [2.05, 4.69) is 16.4 Å². The quantitative estimate of drug-likeness (QED) is 0.494. The maximum atomic E-state index is 12.6. The molecule has 178 valence electrons. The molecule has 3 heterocycles. The van der Waals surface area contributed by atoms with Crippen LogP contribution in [-0.4, -0.2) is 42.1 Å². The summed E-state index contributed by atoms with van der Waals surface area (Å²) < 4.78 is 10.7. The van der Waals surface area contributed by atoms with Gasteiger partial charge in [0.15, 0.2) is 0 Å². The fourth-order valence-corrected chi connectivity index (χ4v) is 4.96. The van der Waals surface area contributed by atoms with Gasteiger partial charge in [-0.05, 0) is 47.4 Å². The molecule has 0 saturated heterocycles. The summed E-state index contributed by atoms with van der Waals surface area (Å²) in [6, 6.07) is 13.5. The van der Waals surface area contributed by atoms with Gasteiger partial charge in [-0.2, -0.15) is 5.26 Å². The first kappa shape index (κ1) is 24.0. The van der Waals surface area contributed by atoms with Gasteiger partial charge in [0.05, 0.1) is 25.8 Å². The maximum Gasteiger partial charge on any atom is 0.410 e. The number of carbonyl (C=O) groups is 2. The van der Waals surface area contributed by atoms with Gasteiger partial charge < -0.3 is 19.7 Å². The summed E-state index contributed by atoms with van der Waals surface area (Å²) in [5.74, 6) is 0.427. The van der Waals surface area contributed by atoms with Gasteiger partial charge in [-0.3, -0.25) is 9.78 Å². The zero-order valence-electron chi connectivity index (χ0n) is 19.2. The van der Waals surface area contributed by atoms with Gasteiger partial charge in [0, 0.05) is 36.3 Å². The molecule has 0 bridgehead atoms. The number of benzene rings is 1. The number of nitrogens with zero attached hydrogens (tertiary/aromatic N) is 3. The molecule has 2 aromatic heterocycles. The van der Waals surface area contributed by atoms with Crippen molar-refractivity contribution in [2.24, 2.45) is 0 Å². The summed E-state index contributed by atoms with van der Waals surface area (Å²) in [6.45, 7) is 1.05. The van der Waals surface area contributed by atoms with Crippen LogP contribution in [0.4, 0.5) is 9.80 Å². The second-order valence-corrected chi connectivity index (χ2v) is 8.92. The Kier molecular flexibility index (Phi) is 7.75. The summed E-state index contributed by atoms with van der Waals surface area (Å²) >= 11 is 1.32. The smallest absolute Gasteiger partial charge is 0.410 e. The van der Waals surface area contributed by atoms with E-state index in [9.17, 15) is 14.9 Å². The van der Waals surface area contributed by atoms with Crippen LogP contribution in [0, 0.1) is 11.3 Å². The van der Waals surface area contributed by atoms with Gasteiger partial charge in [0.2, 0.25) is 5.91 Å². The van der Waals surface area contributed by atoms with Crippen molar-refractivity contribution in [2.45, 2.75) is 19.4 Å². The Morgan fingerprint density at radius 2 is 2.20 bits per heavy atom. The Balaban J connectivity index is 1.35. The standard InChI is InChI=1S/C26H24N4O4S/c1-33-20-6-2-4-18(14-20)10-13-34-26(32)30-12-9-21-22(15-27)25(35-23(21)17-30)29-24(31)8-7-19-5-3-11-28-16-19/h2-8,11,14,16H,9-10,12-13,17H2,1H3,(H,29,31)/b8-7+. The molecular formula is C26H24N4O4S. The number of ether oxygens (including phenoxy) is 2. The van der Waals surface area contributed by atoms with Crippen LogP contribution in [0.1, 0.15) is 27.1 Å². The van der Waals surface area contributed by atoms with Crippen molar-refractivity contribution in [3.8, 4) is 11.8 Å². The number of carbonyl (C=O) groups excluding carboxylic acids is 2. The number of methoxy groups -OCH3 is 1. The third-order valence-electron chi connectivity index (χ3n) is 5.53. The Labute approximate surface area is 207 Å². The highest BCUT2D eigenvalue weighted by Crippen LogP contribution is 2.36. The first-order valence-electron chi connectivity index (χ1n) is 11.1. The van der Waals surface area contributed by atoms with E-state index in [1.165, 1.54) is 17.4 Å². The van der Waals surface area contributed by atoms with Crippen LogP contribution < -0.4 is 10.1 Å². The lowest BCUT2D eigenvalue weighted by atomic mass is 10.0.